The molecule has 1 fully saturated rings. The maximum atomic E-state index is 12.8. The number of benzene rings is 1. The van der Waals surface area contributed by atoms with E-state index in [0.29, 0.717) is 0 Å². The molecule has 0 atom stereocenters. The van der Waals surface area contributed by atoms with Gasteiger partial charge >= 0.3 is 0 Å². The topological polar surface area (TPSA) is 54.3 Å². The van der Waals surface area contributed by atoms with Gasteiger partial charge in [-0.05, 0) is 37.4 Å². The van der Waals surface area contributed by atoms with Gasteiger partial charge in [0.05, 0.1) is 5.69 Å². The number of carbonyl (C=O) groups is 1. The maximum absolute atomic E-state index is 12.8. The van der Waals surface area contributed by atoms with Crippen molar-refractivity contribution in [1.82, 2.24) is 19.4 Å². The van der Waals surface area contributed by atoms with Crippen LogP contribution in [-0.2, 0) is 0 Å². The smallest absolute Gasteiger partial charge is 0.253 e. The van der Waals surface area contributed by atoms with Crippen molar-refractivity contribution in [3.63, 3.8) is 0 Å². The molecule has 140 valence electrons. The molecule has 2 aromatic heterocycles. The minimum atomic E-state index is 0.0900. The van der Waals surface area contributed by atoms with Gasteiger partial charge in [0.2, 0.25) is 0 Å². The van der Waals surface area contributed by atoms with E-state index >= 15 is 0 Å². The highest BCUT2D eigenvalue weighted by Gasteiger charge is 2.23. The van der Waals surface area contributed by atoms with E-state index < -0.39 is 0 Å². The molecule has 27 heavy (non-hydrogen) atoms. The second kappa shape index (κ2) is 7.74. The largest absolute Gasteiger partial charge is 0.345 e. The highest BCUT2D eigenvalue weighted by molar-refractivity contribution is 7.98. The van der Waals surface area contributed by atoms with Crippen molar-refractivity contribution in [1.29, 1.82) is 0 Å². The number of amides is 1. The molecule has 0 saturated carbocycles. The standard InChI is InChI=1S/C19H21N5OS2/c1-14-13-27-19(21-14)23-11-9-22(10-12-23)17(25)15-3-5-16(6-4-15)24-8-7-20-18(24)26-2/h3-8,13H,9-12H2,1-2H3. The van der Waals surface area contributed by atoms with Crippen molar-refractivity contribution >= 4 is 34.1 Å². The van der Waals surface area contributed by atoms with Crippen LogP contribution in [-0.4, -0.2) is 57.8 Å². The summed E-state index contributed by atoms with van der Waals surface area (Å²) < 4.78 is 2.02. The van der Waals surface area contributed by atoms with Crippen molar-refractivity contribution < 1.29 is 4.79 Å². The number of hydrogen-bond acceptors (Lipinski definition) is 6. The Morgan fingerprint density at radius 3 is 2.52 bits per heavy atom. The van der Waals surface area contributed by atoms with Gasteiger partial charge in [-0.3, -0.25) is 9.36 Å². The average molecular weight is 400 g/mol. The lowest BCUT2D eigenvalue weighted by Gasteiger charge is -2.34. The van der Waals surface area contributed by atoms with Crippen LogP contribution in [0.1, 0.15) is 16.1 Å². The quantitative estimate of drug-likeness (QED) is 0.630. The third-order valence-corrected chi connectivity index (χ3v) is 6.31. The predicted octanol–water partition coefficient (Wildman–Crippen LogP) is 3.32. The zero-order chi connectivity index (χ0) is 18.8. The Morgan fingerprint density at radius 2 is 1.89 bits per heavy atom. The molecule has 0 aliphatic carbocycles. The summed E-state index contributed by atoms with van der Waals surface area (Å²) in [6.07, 6.45) is 5.72. The van der Waals surface area contributed by atoms with Crippen LogP contribution < -0.4 is 4.90 Å². The molecule has 1 aromatic carbocycles. The monoisotopic (exact) mass is 399 g/mol. The zero-order valence-electron chi connectivity index (χ0n) is 15.3. The number of rotatable bonds is 4. The highest BCUT2D eigenvalue weighted by atomic mass is 32.2. The molecule has 0 radical (unpaired) electrons. The number of thioether (sulfide) groups is 1. The summed E-state index contributed by atoms with van der Waals surface area (Å²) in [5.41, 5.74) is 2.79. The van der Waals surface area contributed by atoms with Gasteiger partial charge in [0.25, 0.3) is 5.91 Å². The van der Waals surface area contributed by atoms with Crippen molar-refractivity contribution in [3.8, 4) is 5.69 Å². The van der Waals surface area contributed by atoms with E-state index in [9.17, 15) is 4.79 Å². The lowest BCUT2D eigenvalue weighted by molar-refractivity contribution is 0.0747. The van der Waals surface area contributed by atoms with E-state index in [1.54, 1.807) is 29.3 Å². The minimum Gasteiger partial charge on any atom is -0.345 e. The van der Waals surface area contributed by atoms with Gasteiger partial charge in [0.15, 0.2) is 10.3 Å². The summed E-state index contributed by atoms with van der Waals surface area (Å²) >= 11 is 3.27. The normalized spacial score (nSPS) is 14.6. The van der Waals surface area contributed by atoms with Crippen molar-refractivity contribution in [3.05, 3.63) is 53.3 Å². The third kappa shape index (κ3) is 3.72. The van der Waals surface area contributed by atoms with E-state index in [2.05, 4.69) is 20.2 Å². The Bertz CT molecular complexity index is 926. The summed E-state index contributed by atoms with van der Waals surface area (Å²) in [5, 5.41) is 4.05. The minimum absolute atomic E-state index is 0.0900. The van der Waals surface area contributed by atoms with E-state index in [0.717, 1.165) is 53.4 Å². The average Bonchev–Trinajstić information content (AvgIpc) is 3.36. The molecule has 1 saturated heterocycles. The van der Waals surface area contributed by atoms with E-state index in [4.69, 9.17) is 0 Å². The number of carbonyl (C=O) groups excluding carboxylic acids is 1. The molecule has 0 N–H and O–H groups in total. The van der Waals surface area contributed by atoms with E-state index in [1.165, 1.54) is 0 Å². The molecule has 0 unspecified atom stereocenters. The van der Waals surface area contributed by atoms with Crippen LogP contribution in [0.25, 0.3) is 5.69 Å². The SMILES string of the molecule is CSc1nccn1-c1ccc(C(=O)N2CCN(c3nc(C)cs3)CC2)cc1. The van der Waals surface area contributed by atoms with Gasteiger partial charge in [-0.15, -0.1) is 11.3 Å². The van der Waals surface area contributed by atoms with Crippen LogP contribution >= 0.6 is 23.1 Å². The van der Waals surface area contributed by atoms with Gasteiger partial charge in [-0.1, -0.05) is 11.8 Å². The first-order valence-electron chi connectivity index (χ1n) is 8.80. The number of imidazole rings is 1. The number of thiazole rings is 1. The van der Waals surface area contributed by atoms with Crippen LogP contribution in [0, 0.1) is 6.92 Å². The molecule has 6 nitrogen and oxygen atoms in total. The zero-order valence-corrected chi connectivity index (χ0v) is 17.0. The Balaban J connectivity index is 1.41. The first-order chi connectivity index (χ1) is 13.2. The second-order valence-corrected chi connectivity index (χ2v) is 7.99. The first-order valence-corrected chi connectivity index (χ1v) is 10.9. The number of nitrogens with zero attached hydrogens (tertiary/aromatic N) is 5. The number of piperazine rings is 1. The highest BCUT2D eigenvalue weighted by Crippen LogP contribution is 2.22. The van der Waals surface area contributed by atoms with Crippen molar-refractivity contribution in [2.45, 2.75) is 12.1 Å². The fraction of sp³-hybridized carbons (Fsp3) is 0.316. The molecule has 0 bridgehead atoms. The maximum Gasteiger partial charge on any atom is 0.253 e. The number of anilines is 1. The number of aromatic nitrogens is 3. The van der Waals surface area contributed by atoms with E-state index in [-0.39, 0.29) is 5.91 Å². The number of hydrogen-bond donors (Lipinski definition) is 0. The Labute approximate surface area is 166 Å². The van der Waals surface area contributed by atoms with Gasteiger partial charge in [0.1, 0.15) is 0 Å². The summed E-state index contributed by atoms with van der Waals surface area (Å²) in [6, 6.07) is 7.75. The molecule has 8 heteroatoms. The molecule has 3 heterocycles. The molecule has 1 amide bonds. The predicted molar refractivity (Wildman–Crippen MR) is 110 cm³/mol. The summed E-state index contributed by atoms with van der Waals surface area (Å²) in [5.74, 6) is 0.0900. The van der Waals surface area contributed by atoms with Crippen molar-refractivity contribution in [2.75, 3.05) is 37.3 Å². The van der Waals surface area contributed by atoms with Crippen LogP contribution in [0.15, 0.2) is 47.2 Å². The summed E-state index contributed by atoms with van der Waals surface area (Å²) in [6.45, 7) is 5.09. The first kappa shape index (κ1) is 18.1. The van der Waals surface area contributed by atoms with Gasteiger partial charge < -0.3 is 9.80 Å². The van der Waals surface area contributed by atoms with Crippen molar-refractivity contribution in [2.24, 2.45) is 0 Å². The van der Waals surface area contributed by atoms with Crippen LogP contribution in [0.4, 0.5) is 5.13 Å². The summed E-state index contributed by atoms with van der Waals surface area (Å²) in [7, 11) is 0. The lowest BCUT2D eigenvalue weighted by atomic mass is 10.1. The van der Waals surface area contributed by atoms with Gasteiger partial charge in [0, 0.05) is 55.2 Å². The van der Waals surface area contributed by atoms with Crippen LogP contribution in [0.5, 0.6) is 0 Å². The third-order valence-electron chi connectivity index (χ3n) is 4.63. The number of aryl methyl sites for hydroxylation is 1. The molecule has 0 spiro atoms. The Kier molecular flexibility index (Phi) is 5.18. The Hall–Kier alpha value is -2.32. The Morgan fingerprint density at radius 1 is 1.15 bits per heavy atom. The van der Waals surface area contributed by atoms with Crippen LogP contribution in [0.3, 0.4) is 0 Å². The molecular formula is C19H21N5OS2. The molecule has 1 aliphatic heterocycles. The van der Waals surface area contributed by atoms with E-state index in [1.807, 2.05) is 53.1 Å². The lowest BCUT2D eigenvalue weighted by Crippen LogP contribution is -2.48. The van der Waals surface area contributed by atoms with Gasteiger partial charge in [-0.2, -0.15) is 0 Å². The molecule has 3 aromatic rings. The van der Waals surface area contributed by atoms with Crippen LogP contribution in [0.2, 0.25) is 0 Å². The fourth-order valence-electron chi connectivity index (χ4n) is 3.17. The molecular weight excluding hydrogens is 378 g/mol. The summed E-state index contributed by atoms with van der Waals surface area (Å²) in [4.78, 5) is 25.9. The fourth-order valence-corrected chi connectivity index (χ4v) is 4.56. The van der Waals surface area contributed by atoms with Gasteiger partial charge in [-0.25, -0.2) is 9.97 Å². The molecule has 4 rings (SSSR count). The second-order valence-electron chi connectivity index (χ2n) is 6.38. The molecule has 1 aliphatic rings.